The average molecular weight is 344 g/mol. The van der Waals surface area contributed by atoms with Crippen molar-refractivity contribution in [2.45, 2.75) is 6.54 Å². The molecule has 0 unspecified atom stereocenters. The Hall–Kier alpha value is -2.67. The number of piperazine rings is 1. The second kappa shape index (κ2) is 7.48. The van der Waals surface area contributed by atoms with Crippen LogP contribution in [0.2, 0.25) is 0 Å². The molecule has 1 aromatic heterocycles. The minimum absolute atomic E-state index is 0.00741. The first kappa shape index (κ1) is 17.2. The molecule has 0 bridgehead atoms. The van der Waals surface area contributed by atoms with E-state index in [4.69, 9.17) is 5.73 Å². The van der Waals surface area contributed by atoms with Gasteiger partial charge in [-0.05, 0) is 18.2 Å². The second-order valence-corrected chi connectivity index (χ2v) is 6.06. The largest absolute Gasteiger partial charge is 0.368 e. The van der Waals surface area contributed by atoms with Crippen LogP contribution in [0.4, 0.5) is 10.1 Å². The molecule has 1 amide bonds. The molecule has 2 N–H and O–H groups in total. The van der Waals surface area contributed by atoms with Crippen LogP contribution in [0.25, 0.3) is 0 Å². The predicted octanol–water partition coefficient (Wildman–Crippen LogP) is 0.908. The Bertz CT molecular complexity index is 813. The van der Waals surface area contributed by atoms with Crippen molar-refractivity contribution in [1.29, 1.82) is 0 Å². The molecular formula is C18H21FN4O2. The fourth-order valence-electron chi connectivity index (χ4n) is 3.13. The van der Waals surface area contributed by atoms with Crippen LogP contribution in [0.15, 0.2) is 47.4 Å². The van der Waals surface area contributed by atoms with E-state index in [0.29, 0.717) is 25.3 Å². The van der Waals surface area contributed by atoms with E-state index in [1.54, 1.807) is 35.0 Å². The first-order chi connectivity index (χ1) is 12.1. The van der Waals surface area contributed by atoms with E-state index in [-0.39, 0.29) is 11.1 Å². The van der Waals surface area contributed by atoms with Crippen LogP contribution in [-0.4, -0.2) is 48.1 Å². The lowest BCUT2D eigenvalue weighted by Crippen LogP contribution is -2.48. The van der Waals surface area contributed by atoms with Gasteiger partial charge in [-0.2, -0.15) is 0 Å². The molecule has 6 nitrogen and oxygen atoms in total. The number of halogens is 1. The molecular weight excluding hydrogens is 323 g/mol. The molecule has 0 saturated carbocycles. The third kappa shape index (κ3) is 3.88. The number of primary amides is 1. The minimum atomic E-state index is -0.751. The first-order valence-corrected chi connectivity index (χ1v) is 8.27. The van der Waals surface area contributed by atoms with Crippen LogP contribution in [0.5, 0.6) is 0 Å². The number of benzene rings is 1. The third-order valence-corrected chi connectivity index (χ3v) is 4.51. The normalized spacial score (nSPS) is 15.3. The van der Waals surface area contributed by atoms with Crippen molar-refractivity contribution in [2.24, 2.45) is 5.73 Å². The summed E-state index contributed by atoms with van der Waals surface area (Å²) in [7, 11) is 0. The Morgan fingerprint density at radius 1 is 1.04 bits per heavy atom. The molecule has 1 fully saturated rings. The van der Waals surface area contributed by atoms with E-state index < -0.39 is 11.7 Å². The fourth-order valence-corrected chi connectivity index (χ4v) is 3.13. The number of carbonyl (C=O) groups is 1. The number of nitrogens with zero attached hydrogens (tertiary/aromatic N) is 3. The summed E-state index contributed by atoms with van der Waals surface area (Å²) in [6, 6.07) is 9.68. The second-order valence-electron chi connectivity index (χ2n) is 6.06. The molecule has 7 heteroatoms. The number of hydrogen-bond acceptors (Lipinski definition) is 4. The summed E-state index contributed by atoms with van der Waals surface area (Å²) in [5.74, 6) is -1.34. The van der Waals surface area contributed by atoms with Gasteiger partial charge in [0.15, 0.2) is 0 Å². The standard InChI is InChI=1S/C18H21FN4O2/c19-14-4-3-5-15(17(14)18(20)25)22-11-8-21(9-12-22)10-13-23-7-2-1-6-16(23)24/h1-7H,8-13H2,(H2,20,25). The van der Waals surface area contributed by atoms with E-state index >= 15 is 0 Å². The van der Waals surface area contributed by atoms with Crippen LogP contribution in [0.1, 0.15) is 10.4 Å². The van der Waals surface area contributed by atoms with Gasteiger partial charge in [-0.3, -0.25) is 14.5 Å². The summed E-state index contributed by atoms with van der Waals surface area (Å²) < 4.78 is 15.6. The number of hydrogen-bond donors (Lipinski definition) is 1. The number of anilines is 1. The number of amides is 1. The smallest absolute Gasteiger partial charge is 0.253 e. The van der Waals surface area contributed by atoms with Gasteiger partial charge in [-0.15, -0.1) is 0 Å². The van der Waals surface area contributed by atoms with Crippen molar-refractivity contribution >= 4 is 11.6 Å². The van der Waals surface area contributed by atoms with Crippen molar-refractivity contribution < 1.29 is 9.18 Å². The molecule has 3 rings (SSSR count). The zero-order chi connectivity index (χ0) is 17.8. The van der Waals surface area contributed by atoms with E-state index in [1.807, 2.05) is 11.0 Å². The minimum Gasteiger partial charge on any atom is -0.368 e. The summed E-state index contributed by atoms with van der Waals surface area (Å²) in [6.45, 7) is 4.29. The zero-order valence-electron chi connectivity index (χ0n) is 13.9. The summed E-state index contributed by atoms with van der Waals surface area (Å²) in [5.41, 5.74) is 5.82. The van der Waals surface area contributed by atoms with E-state index in [2.05, 4.69) is 4.90 Å². The highest BCUT2D eigenvalue weighted by Gasteiger charge is 2.22. The van der Waals surface area contributed by atoms with Crippen LogP contribution in [0, 0.1) is 5.82 Å². The highest BCUT2D eigenvalue weighted by molar-refractivity contribution is 5.99. The van der Waals surface area contributed by atoms with Crippen LogP contribution >= 0.6 is 0 Å². The van der Waals surface area contributed by atoms with Gasteiger partial charge in [0.25, 0.3) is 11.5 Å². The Labute approximate surface area is 145 Å². The maximum absolute atomic E-state index is 13.9. The van der Waals surface area contributed by atoms with Crippen LogP contribution < -0.4 is 16.2 Å². The molecule has 25 heavy (non-hydrogen) atoms. The molecule has 132 valence electrons. The predicted molar refractivity (Wildman–Crippen MR) is 94.3 cm³/mol. The van der Waals surface area contributed by atoms with Crippen LogP contribution in [0.3, 0.4) is 0 Å². The molecule has 1 aromatic carbocycles. The zero-order valence-corrected chi connectivity index (χ0v) is 13.9. The lowest BCUT2D eigenvalue weighted by atomic mass is 10.1. The van der Waals surface area contributed by atoms with E-state index in [1.165, 1.54) is 6.07 Å². The highest BCUT2D eigenvalue weighted by atomic mass is 19.1. The first-order valence-electron chi connectivity index (χ1n) is 8.27. The lowest BCUT2D eigenvalue weighted by molar-refractivity contribution is 0.0996. The van der Waals surface area contributed by atoms with Gasteiger partial charge in [-0.1, -0.05) is 12.1 Å². The SMILES string of the molecule is NC(=O)c1c(F)cccc1N1CCN(CCn2ccccc2=O)CC1. The lowest BCUT2D eigenvalue weighted by Gasteiger charge is -2.36. The van der Waals surface area contributed by atoms with Crippen molar-refractivity contribution in [2.75, 3.05) is 37.6 Å². The fraction of sp³-hybridized carbons (Fsp3) is 0.333. The molecule has 0 atom stereocenters. The molecule has 2 aromatic rings. The third-order valence-electron chi connectivity index (χ3n) is 4.51. The van der Waals surface area contributed by atoms with E-state index in [0.717, 1.165) is 19.6 Å². The summed E-state index contributed by atoms with van der Waals surface area (Å²) in [6.07, 6.45) is 1.78. The summed E-state index contributed by atoms with van der Waals surface area (Å²) >= 11 is 0. The van der Waals surface area contributed by atoms with Gasteiger partial charge in [0, 0.05) is 51.5 Å². The molecule has 0 spiro atoms. The van der Waals surface area contributed by atoms with Crippen molar-refractivity contribution in [3.8, 4) is 0 Å². The molecule has 0 radical (unpaired) electrons. The van der Waals surface area contributed by atoms with E-state index in [9.17, 15) is 14.0 Å². The Morgan fingerprint density at radius 3 is 2.48 bits per heavy atom. The molecule has 1 aliphatic heterocycles. The highest BCUT2D eigenvalue weighted by Crippen LogP contribution is 2.24. The number of nitrogens with two attached hydrogens (primary N) is 1. The molecule has 1 saturated heterocycles. The molecule has 1 aliphatic rings. The van der Waals surface area contributed by atoms with Gasteiger partial charge >= 0.3 is 0 Å². The topological polar surface area (TPSA) is 71.6 Å². The maximum Gasteiger partial charge on any atom is 0.253 e. The summed E-state index contributed by atoms with van der Waals surface area (Å²) in [5, 5.41) is 0. The van der Waals surface area contributed by atoms with Gasteiger partial charge in [0.1, 0.15) is 5.82 Å². The molecule has 0 aliphatic carbocycles. The Balaban J connectivity index is 1.61. The van der Waals surface area contributed by atoms with Crippen molar-refractivity contribution in [3.05, 3.63) is 64.3 Å². The average Bonchev–Trinajstić information content (AvgIpc) is 2.61. The monoisotopic (exact) mass is 344 g/mol. The van der Waals surface area contributed by atoms with Crippen molar-refractivity contribution in [3.63, 3.8) is 0 Å². The number of aromatic nitrogens is 1. The summed E-state index contributed by atoms with van der Waals surface area (Å²) in [4.78, 5) is 27.5. The van der Waals surface area contributed by atoms with Gasteiger partial charge < -0.3 is 15.2 Å². The Morgan fingerprint density at radius 2 is 1.80 bits per heavy atom. The molecule has 2 heterocycles. The van der Waals surface area contributed by atoms with Gasteiger partial charge in [0.2, 0.25) is 0 Å². The number of rotatable bonds is 5. The quantitative estimate of drug-likeness (QED) is 0.875. The maximum atomic E-state index is 13.9. The van der Waals surface area contributed by atoms with Gasteiger partial charge in [0.05, 0.1) is 11.3 Å². The number of carbonyl (C=O) groups excluding carboxylic acids is 1. The van der Waals surface area contributed by atoms with Gasteiger partial charge in [-0.25, -0.2) is 4.39 Å². The van der Waals surface area contributed by atoms with Crippen LogP contribution in [-0.2, 0) is 6.54 Å². The van der Waals surface area contributed by atoms with Crippen molar-refractivity contribution in [1.82, 2.24) is 9.47 Å². The number of pyridine rings is 1. The Kier molecular flexibility index (Phi) is 5.14.